The summed E-state index contributed by atoms with van der Waals surface area (Å²) in [6.45, 7) is 9.77. The molecule has 1 saturated heterocycles. The van der Waals surface area contributed by atoms with E-state index in [-0.39, 0.29) is 31.0 Å². The summed E-state index contributed by atoms with van der Waals surface area (Å²) in [5.74, 6) is 0.492. The van der Waals surface area contributed by atoms with Crippen LogP contribution in [0.15, 0.2) is 36.5 Å². The van der Waals surface area contributed by atoms with Crippen LogP contribution in [0.2, 0.25) is 0 Å². The van der Waals surface area contributed by atoms with Crippen molar-refractivity contribution in [2.75, 3.05) is 20.3 Å². The average molecular weight is 629 g/mol. The van der Waals surface area contributed by atoms with Crippen molar-refractivity contribution < 1.29 is 19.1 Å². The Bertz CT molecular complexity index is 1780. The van der Waals surface area contributed by atoms with Crippen molar-refractivity contribution in [2.45, 2.75) is 78.1 Å². The zero-order valence-electron chi connectivity index (χ0n) is 27.5. The molecule has 6 rings (SSSR count). The van der Waals surface area contributed by atoms with Gasteiger partial charge < -0.3 is 19.8 Å². The van der Waals surface area contributed by atoms with E-state index in [4.69, 9.17) is 25.2 Å². The van der Waals surface area contributed by atoms with E-state index in [0.29, 0.717) is 37.5 Å². The second-order valence-corrected chi connectivity index (χ2v) is 13.2. The molecule has 1 amide bonds. The minimum atomic E-state index is -0.867. The van der Waals surface area contributed by atoms with E-state index in [1.165, 1.54) is 5.01 Å². The number of hydrogen-bond acceptors (Lipinski definition) is 9. The van der Waals surface area contributed by atoms with Crippen molar-refractivity contribution in [3.63, 3.8) is 0 Å². The van der Waals surface area contributed by atoms with Gasteiger partial charge >= 0.3 is 5.97 Å². The summed E-state index contributed by atoms with van der Waals surface area (Å²) in [5.41, 5.74) is 15.1. The summed E-state index contributed by atoms with van der Waals surface area (Å²) in [6, 6.07) is 8.93. The van der Waals surface area contributed by atoms with Crippen LogP contribution >= 0.6 is 0 Å². The predicted octanol–water partition coefficient (Wildman–Crippen LogP) is 3.72. The van der Waals surface area contributed by atoms with Crippen LogP contribution in [0.1, 0.15) is 63.7 Å². The van der Waals surface area contributed by atoms with E-state index in [1.807, 2.05) is 20.0 Å². The van der Waals surface area contributed by atoms with Gasteiger partial charge in [0.25, 0.3) is 5.91 Å². The molecule has 1 fully saturated rings. The lowest BCUT2D eigenvalue weighted by atomic mass is 9.84. The number of carbonyl (C=O) groups is 2. The molecule has 0 spiro atoms. The number of pyridine rings is 1. The first-order valence-electron chi connectivity index (χ1n) is 16.0. The Labute approximate surface area is 269 Å². The second-order valence-electron chi connectivity index (χ2n) is 13.2. The van der Waals surface area contributed by atoms with E-state index < -0.39 is 17.5 Å². The van der Waals surface area contributed by atoms with Crippen LogP contribution in [0.4, 0.5) is 0 Å². The quantitative estimate of drug-likeness (QED) is 0.324. The number of nitrogens with zero attached hydrogens (tertiary/aromatic N) is 6. The number of aryl methyl sites for hydroxylation is 2. The number of cyclic esters (lactones) is 1. The van der Waals surface area contributed by atoms with E-state index in [2.05, 4.69) is 60.1 Å². The minimum absolute atomic E-state index is 0.166. The molecule has 0 radical (unpaired) electrons. The van der Waals surface area contributed by atoms with Gasteiger partial charge in [-0.25, -0.2) is 15.1 Å². The molecule has 3 aromatic heterocycles. The smallest absolute Gasteiger partial charge is 0.324 e. The van der Waals surface area contributed by atoms with Gasteiger partial charge in [0.05, 0.1) is 30.1 Å². The highest BCUT2D eigenvalue weighted by Crippen LogP contribution is 2.41. The molecule has 3 atom stereocenters. The molecular weight excluding hydrogens is 584 g/mol. The predicted molar refractivity (Wildman–Crippen MR) is 174 cm³/mol. The van der Waals surface area contributed by atoms with E-state index >= 15 is 0 Å². The second kappa shape index (κ2) is 12.6. The summed E-state index contributed by atoms with van der Waals surface area (Å²) in [6.07, 6.45) is 3.61. The number of carbonyl (C=O) groups excluding carboxylic acids is 2. The molecule has 12 heteroatoms. The number of ether oxygens (including phenoxy) is 2. The highest BCUT2D eigenvalue weighted by atomic mass is 16.5. The molecule has 12 nitrogen and oxygen atoms in total. The van der Waals surface area contributed by atoms with E-state index in [0.717, 1.165) is 45.5 Å². The number of hydrazine groups is 1. The van der Waals surface area contributed by atoms with Crippen LogP contribution in [0.25, 0.3) is 33.5 Å². The zero-order chi connectivity index (χ0) is 32.7. The highest BCUT2D eigenvalue weighted by Gasteiger charge is 2.34. The van der Waals surface area contributed by atoms with Crippen molar-refractivity contribution in [2.24, 2.45) is 18.2 Å². The molecule has 2 aliphatic rings. The summed E-state index contributed by atoms with van der Waals surface area (Å²) < 4.78 is 15.8. The van der Waals surface area contributed by atoms with Gasteiger partial charge in [-0.05, 0) is 69.0 Å². The van der Waals surface area contributed by atoms with Crippen molar-refractivity contribution in [3.05, 3.63) is 53.6 Å². The molecule has 6 bridgehead atoms. The fraction of sp³-hybridized carbons (Fsp3) is 0.500. The van der Waals surface area contributed by atoms with Gasteiger partial charge in [0, 0.05) is 67.3 Å². The lowest BCUT2D eigenvalue weighted by Gasteiger charge is -2.34. The first kappa shape index (κ1) is 31.8. The Balaban J connectivity index is 1.55. The van der Waals surface area contributed by atoms with Gasteiger partial charge in [-0.15, -0.1) is 0 Å². The molecule has 2 aliphatic heterocycles. The number of hydrogen-bond donors (Lipinski definition) is 2. The van der Waals surface area contributed by atoms with Gasteiger partial charge in [0.1, 0.15) is 6.04 Å². The first-order chi connectivity index (χ1) is 22.0. The first-order valence-corrected chi connectivity index (χ1v) is 16.0. The summed E-state index contributed by atoms with van der Waals surface area (Å²) >= 11 is 0. The van der Waals surface area contributed by atoms with Crippen molar-refractivity contribution in [1.82, 2.24) is 34.8 Å². The maximum atomic E-state index is 13.3. The SMILES string of the molecule is CCn1c(-c2cccnc2[C@H](C)OC)c2c3cc(ccc31)-c1nc(nn1C)C[C@H](N)C(=O)N1CCC[C@H](N1)C(=O)OCC(C)(C)C2. The van der Waals surface area contributed by atoms with Gasteiger partial charge in [-0.2, -0.15) is 5.10 Å². The molecular formula is C34H44N8O4. The topological polar surface area (TPSA) is 142 Å². The molecule has 0 unspecified atom stereocenters. The van der Waals surface area contributed by atoms with Crippen LogP contribution in [0.5, 0.6) is 0 Å². The van der Waals surface area contributed by atoms with Crippen LogP contribution in [0, 0.1) is 5.41 Å². The molecule has 1 aromatic carbocycles. The van der Waals surface area contributed by atoms with Crippen molar-refractivity contribution >= 4 is 22.8 Å². The van der Waals surface area contributed by atoms with Crippen molar-refractivity contribution in [1.29, 1.82) is 0 Å². The van der Waals surface area contributed by atoms with Crippen LogP contribution in [-0.4, -0.2) is 73.5 Å². The number of methoxy groups -OCH3 is 1. The number of aromatic nitrogens is 5. The van der Waals surface area contributed by atoms with E-state index in [1.54, 1.807) is 18.0 Å². The Morgan fingerprint density at radius 3 is 2.80 bits per heavy atom. The maximum Gasteiger partial charge on any atom is 0.324 e. The molecule has 0 aliphatic carbocycles. The largest absolute Gasteiger partial charge is 0.464 e. The Morgan fingerprint density at radius 1 is 1.24 bits per heavy atom. The third-order valence-electron chi connectivity index (χ3n) is 9.10. The molecule has 3 N–H and O–H groups in total. The zero-order valence-corrected chi connectivity index (χ0v) is 27.5. The maximum absolute atomic E-state index is 13.3. The van der Waals surface area contributed by atoms with Gasteiger partial charge in [-0.3, -0.25) is 19.6 Å². The molecule has 244 valence electrons. The van der Waals surface area contributed by atoms with Crippen LogP contribution < -0.4 is 11.2 Å². The Hall–Kier alpha value is -4.13. The number of nitrogens with one attached hydrogen (secondary N) is 1. The number of amides is 1. The Kier molecular flexibility index (Phi) is 8.70. The molecule has 5 heterocycles. The molecule has 4 aromatic rings. The minimum Gasteiger partial charge on any atom is -0.464 e. The highest BCUT2D eigenvalue weighted by molar-refractivity contribution is 5.95. The number of esters is 1. The standard InChI is InChI=1S/C34H44N8O4/c1-7-41-27-13-12-21-16-23(27)24(30(41)22-10-8-14-36-29(22)20(2)45-6)18-34(3,4)19-46-33(44)26-11-9-15-42(38-26)32(43)25(35)17-28-37-31(21)40(5)39-28/h8,10,12-14,16,20,25-26,38H,7,9,11,15,17-19,35H2,1-6H3/t20-,25-,26-/m0/s1. The van der Waals surface area contributed by atoms with Gasteiger partial charge in [0.15, 0.2) is 11.6 Å². The molecule has 46 heavy (non-hydrogen) atoms. The van der Waals surface area contributed by atoms with E-state index in [9.17, 15) is 9.59 Å². The number of rotatable bonds is 4. The normalized spacial score (nSPS) is 21.2. The number of fused-ring (bicyclic) bond motifs is 6. The summed E-state index contributed by atoms with van der Waals surface area (Å²) in [4.78, 5) is 36.2. The monoisotopic (exact) mass is 628 g/mol. The number of nitrogens with two attached hydrogens (primary N) is 1. The average Bonchev–Trinajstić information content (AvgIpc) is 3.57. The third-order valence-corrected chi connectivity index (χ3v) is 9.10. The fourth-order valence-corrected chi connectivity index (χ4v) is 6.70. The Morgan fingerprint density at radius 2 is 2.04 bits per heavy atom. The van der Waals surface area contributed by atoms with Gasteiger partial charge in [-0.1, -0.05) is 13.8 Å². The summed E-state index contributed by atoms with van der Waals surface area (Å²) in [5, 5.41) is 7.16. The van der Waals surface area contributed by atoms with Crippen LogP contribution in [-0.2, 0) is 45.5 Å². The third kappa shape index (κ3) is 5.92. The number of benzene rings is 1. The van der Waals surface area contributed by atoms with Gasteiger partial charge in [0.2, 0.25) is 0 Å². The molecule has 0 saturated carbocycles. The van der Waals surface area contributed by atoms with Crippen LogP contribution in [0.3, 0.4) is 0 Å². The lowest BCUT2D eigenvalue weighted by Crippen LogP contribution is -2.59. The van der Waals surface area contributed by atoms with Crippen molar-refractivity contribution in [3.8, 4) is 22.6 Å². The fourth-order valence-electron chi connectivity index (χ4n) is 6.70. The lowest BCUT2D eigenvalue weighted by molar-refractivity contribution is -0.154. The summed E-state index contributed by atoms with van der Waals surface area (Å²) in [7, 11) is 3.55.